The molecule has 1 heterocycles. The summed E-state index contributed by atoms with van der Waals surface area (Å²) in [5, 5.41) is 0. The summed E-state index contributed by atoms with van der Waals surface area (Å²) in [6.45, 7) is 2.06. The molecular weight excluding hydrogens is 246 g/mol. The smallest absolute Gasteiger partial charge is 0.150 e. The molecule has 0 saturated heterocycles. The number of anilines is 1. The van der Waals surface area contributed by atoms with Crippen LogP contribution in [-0.4, -0.2) is 9.97 Å². The first kappa shape index (κ1) is 12.4. The average Bonchev–Trinajstić information content (AvgIpc) is 2.50. The van der Waals surface area contributed by atoms with E-state index in [-0.39, 0.29) is 0 Å². The minimum atomic E-state index is 0.451. The molecule has 20 heavy (non-hydrogen) atoms. The van der Waals surface area contributed by atoms with Gasteiger partial charge in [0.15, 0.2) is 0 Å². The van der Waals surface area contributed by atoms with E-state index in [1.165, 1.54) is 5.56 Å². The number of aromatic nitrogens is 2. The first-order valence-corrected chi connectivity index (χ1v) is 6.49. The lowest BCUT2D eigenvalue weighted by atomic mass is 10.1. The van der Waals surface area contributed by atoms with Crippen LogP contribution in [0.25, 0.3) is 22.5 Å². The Hall–Kier alpha value is -2.68. The fourth-order valence-electron chi connectivity index (χ4n) is 2.07. The van der Waals surface area contributed by atoms with Crippen LogP contribution < -0.4 is 5.73 Å². The van der Waals surface area contributed by atoms with Crippen molar-refractivity contribution >= 4 is 5.82 Å². The number of benzene rings is 2. The zero-order valence-electron chi connectivity index (χ0n) is 11.2. The number of nitrogens with two attached hydrogens (primary N) is 1. The summed E-state index contributed by atoms with van der Waals surface area (Å²) in [6, 6.07) is 18.1. The number of rotatable bonds is 2. The van der Waals surface area contributed by atoms with E-state index in [1.54, 1.807) is 6.20 Å². The van der Waals surface area contributed by atoms with E-state index >= 15 is 0 Å². The molecule has 98 valence electrons. The van der Waals surface area contributed by atoms with Gasteiger partial charge in [-0.1, -0.05) is 60.2 Å². The maximum atomic E-state index is 5.95. The molecule has 0 bridgehead atoms. The molecular formula is C17H15N3. The van der Waals surface area contributed by atoms with E-state index in [2.05, 4.69) is 29.0 Å². The lowest BCUT2D eigenvalue weighted by molar-refractivity contribution is 1.22. The highest BCUT2D eigenvalue weighted by Crippen LogP contribution is 2.25. The van der Waals surface area contributed by atoms with E-state index in [0.717, 1.165) is 22.5 Å². The molecule has 0 atom stereocenters. The largest absolute Gasteiger partial charge is 0.382 e. The van der Waals surface area contributed by atoms with Gasteiger partial charge in [-0.05, 0) is 6.92 Å². The van der Waals surface area contributed by atoms with Crippen LogP contribution in [0.1, 0.15) is 5.56 Å². The second-order valence-corrected chi connectivity index (χ2v) is 4.72. The van der Waals surface area contributed by atoms with Gasteiger partial charge in [-0.2, -0.15) is 0 Å². The molecule has 1 aromatic heterocycles. The van der Waals surface area contributed by atoms with Crippen molar-refractivity contribution in [1.29, 1.82) is 0 Å². The molecule has 0 unspecified atom stereocenters. The van der Waals surface area contributed by atoms with Crippen molar-refractivity contribution in [3.05, 3.63) is 66.4 Å². The maximum absolute atomic E-state index is 5.95. The quantitative estimate of drug-likeness (QED) is 0.765. The second-order valence-electron chi connectivity index (χ2n) is 4.72. The number of hydrogen-bond donors (Lipinski definition) is 1. The third-order valence-electron chi connectivity index (χ3n) is 3.20. The van der Waals surface area contributed by atoms with Crippen LogP contribution in [-0.2, 0) is 0 Å². The Kier molecular flexibility index (Phi) is 3.17. The normalized spacial score (nSPS) is 10.4. The van der Waals surface area contributed by atoms with Crippen molar-refractivity contribution in [2.45, 2.75) is 6.92 Å². The third kappa shape index (κ3) is 2.38. The van der Waals surface area contributed by atoms with Gasteiger partial charge in [0.1, 0.15) is 11.5 Å². The Morgan fingerprint density at radius 3 is 2.25 bits per heavy atom. The minimum Gasteiger partial charge on any atom is -0.382 e. The molecule has 0 spiro atoms. The summed E-state index contributed by atoms with van der Waals surface area (Å²) in [7, 11) is 0. The lowest BCUT2D eigenvalue weighted by Gasteiger charge is -2.07. The average molecular weight is 261 g/mol. The van der Waals surface area contributed by atoms with Crippen LogP contribution in [0.5, 0.6) is 0 Å². The number of nitrogen functional groups attached to an aromatic ring is 1. The molecule has 2 aromatic carbocycles. The molecule has 3 nitrogen and oxygen atoms in total. The van der Waals surface area contributed by atoms with Crippen LogP contribution in [0.3, 0.4) is 0 Å². The maximum Gasteiger partial charge on any atom is 0.150 e. The van der Waals surface area contributed by atoms with Gasteiger partial charge >= 0.3 is 0 Å². The SMILES string of the molecule is Cc1ccc(-c2cnc(N)c(-c3ccccc3)n2)cc1. The summed E-state index contributed by atoms with van der Waals surface area (Å²) < 4.78 is 0. The zero-order valence-corrected chi connectivity index (χ0v) is 11.2. The number of hydrogen-bond acceptors (Lipinski definition) is 3. The van der Waals surface area contributed by atoms with Gasteiger partial charge in [0, 0.05) is 11.1 Å². The van der Waals surface area contributed by atoms with Crippen molar-refractivity contribution in [1.82, 2.24) is 9.97 Å². The topological polar surface area (TPSA) is 51.8 Å². The van der Waals surface area contributed by atoms with Gasteiger partial charge in [-0.25, -0.2) is 9.97 Å². The predicted octanol–water partition coefficient (Wildman–Crippen LogP) is 3.70. The molecule has 3 heteroatoms. The molecule has 0 aliphatic heterocycles. The monoisotopic (exact) mass is 261 g/mol. The first-order chi connectivity index (χ1) is 9.74. The van der Waals surface area contributed by atoms with Crippen molar-refractivity contribution in [2.24, 2.45) is 0 Å². The highest BCUT2D eigenvalue weighted by molar-refractivity contribution is 5.72. The van der Waals surface area contributed by atoms with E-state index in [4.69, 9.17) is 5.73 Å². The Morgan fingerprint density at radius 1 is 0.850 bits per heavy atom. The van der Waals surface area contributed by atoms with E-state index < -0.39 is 0 Å². The van der Waals surface area contributed by atoms with E-state index in [9.17, 15) is 0 Å². The fraction of sp³-hybridized carbons (Fsp3) is 0.0588. The molecule has 0 aliphatic carbocycles. The first-order valence-electron chi connectivity index (χ1n) is 6.49. The molecule has 2 N–H and O–H groups in total. The van der Waals surface area contributed by atoms with Gasteiger partial charge < -0.3 is 5.73 Å². The highest BCUT2D eigenvalue weighted by atomic mass is 14.9. The summed E-state index contributed by atoms with van der Waals surface area (Å²) in [5.74, 6) is 0.451. The zero-order chi connectivity index (χ0) is 13.9. The van der Waals surface area contributed by atoms with Crippen LogP contribution >= 0.6 is 0 Å². The summed E-state index contributed by atoms with van der Waals surface area (Å²) in [6.07, 6.45) is 1.71. The van der Waals surface area contributed by atoms with E-state index in [0.29, 0.717) is 5.82 Å². The third-order valence-corrected chi connectivity index (χ3v) is 3.20. The van der Waals surface area contributed by atoms with Gasteiger partial charge in [0.25, 0.3) is 0 Å². The van der Waals surface area contributed by atoms with Crippen molar-refractivity contribution in [3.63, 3.8) is 0 Å². The summed E-state index contributed by atoms with van der Waals surface area (Å²) in [5.41, 5.74) is 10.7. The molecule has 3 aromatic rings. The molecule has 3 rings (SSSR count). The Labute approximate surface area is 118 Å². The Morgan fingerprint density at radius 2 is 1.55 bits per heavy atom. The van der Waals surface area contributed by atoms with E-state index in [1.807, 2.05) is 42.5 Å². The highest BCUT2D eigenvalue weighted by Gasteiger charge is 2.08. The molecule has 0 radical (unpaired) electrons. The number of aryl methyl sites for hydroxylation is 1. The van der Waals surface area contributed by atoms with Crippen LogP contribution in [0, 0.1) is 6.92 Å². The molecule has 0 amide bonds. The van der Waals surface area contributed by atoms with Crippen molar-refractivity contribution in [3.8, 4) is 22.5 Å². The summed E-state index contributed by atoms with van der Waals surface area (Å²) >= 11 is 0. The predicted molar refractivity (Wildman–Crippen MR) is 82.1 cm³/mol. The fourth-order valence-corrected chi connectivity index (χ4v) is 2.07. The Balaban J connectivity index is 2.09. The Bertz CT molecular complexity index is 719. The lowest BCUT2D eigenvalue weighted by Crippen LogP contribution is -1.98. The standard InChI is InChI=1S/C17H15N3/c1-12-7-9-13(10-8-12)15-11-19-17(18)16(20-15)14-5-3-2-4-6-14/h2-11H,1H3,(H2,18,19). The van der Waals surface area contributed by atoms with Crippen LogP contribution in [0.4, 0.5) is 5.82 Å². The van der Waals surface area contributed by atoms with Crippen LogP contribution in [0.15, 0.2) is 60.8 Å². The van der Waals surface area contributed by atoms with Crippen molar-refractivity contribution < 1.29 is 0 Å². The van der Waals surface area contributed by atoms with Gasteiger partial charge in [-0.15, -0.1) is 0 Å². The van der Waals surface area contributed by atoms with Gasteiger partial charge in [0.05, 0.1) is 11.9 Å². The van der Waals surface area contributed by atoms with Crippen molar-refractivity contribution in [2.75, 3.05) is 5.73 Å². The van der Waals surface area contributed by atoms with Gasteiger partial charge in [-0.3, -0.25) is 0 Å². The summed E-state index contributed by atoms with van der Waals surface area (Å²) in [4.78, 5) is 8.92. The molecule has 0 saturated carbocycles. The second kappa shape index (κ2) is 5.13. The molecule has 0 fully saturated rings. The van der Waals surface area contributed by atoms with Gasteiger partial charge in [0.2, 0.25) is 0 Å². The molecule has 0 aliphatic rings. The van der Waals surface area contributed by atoms with Crippen LogP contribution in [0.2, 0.25) is 0 Å². The number of nitrogens with zero attached hydrogens (tertiary/aromatic N) is 2. The minimum absolute atomic E-state index is 0.451.